The molecule has 1 aliphatic rings. The summed E-state index contributed by atoms with van der Waals surface area (Å²) < 4.78 is 38.9. The maximum absolute atomic E-state index is 13.0. The molecule has 1 aromatic carbocycles. The van der Waals surface area contributed by atoms with Gasteiger partial charge in [0, 0.05) is 29.0 Å². The van der Waals surface area contributed by atoms with Crippen molar-refractivity contribution in [1.82, 2.24) is 15.0 Å². The molecule has 1 amide bonds. The molecule has 0 bridgehead atoms. The van der Waals surface area contributed by atoms with Gasteiger partial charge in [-0.1, -0.05) is 23.9 Å². The first-order chi connectivity index (χ1) is 13.8. The number of rotatable bonds is 3. The van der Waals surface area contributed by atoms with Crippen LogP contribution in [-0.4, -0.2) is 20.9 Å². The molecule has 0 aliphatic carbocycles. The number of pyridine rings is 1. The molecule has 29 heavy (non-hydrogen) atoms. The van der Waals surface area contributed by atoms with E-state index < -0.39 is 17.8 Å². The van der Waals surface area contributed by atoms with E-state index in [1.165, 1.54) is 11.8 Å². The summed E-state index contributed by atoms with van der Waals surface area (Å²) in [6.07, 6.45) is -0.329. The van der Waals surface area contributed by atoms with Crippen molar-refractivity contribution < 1.29 is 18.0 Å². The van der Waals surface area contributed by atoms with E-state index >= 15 is 0 Å². The van der Waals surface area contributed by atoms with E-state index in [4.69, 9.17) is 5.73 Å². The topological polar surface area (TPSA) is 93.8 Å². The van der Waals surface area contributed by atoms with Crippen LogP contribution in [0.15, 0.2) is 64.9 Å². The molecule has 0 spiro atoms. The number of aromatic nitrogens is 3. The third-order valence-corrected chi connectivity index (χ3v) is 5.15. The lowest BCUT2D eigenvalue weighted by atomic mass is 10.1. The average Bonchev–Trinajstić information content (AvgIpc) is 3.10. The van der Waals surface area contributed by atoms with Crippen LogP contribution in [0.3, 0.4) is 0 Å². The highest BCUT2D eigenvalue weighted by Crippen LogP contribution is 2.45. The summed E-state index contributed by atoms with van der Waals surface area (Å²) in [6.45, 7) is 0. The van der Waals surface area contributed by atoms with E-state index in [9.17, 15) is 18.0 Å². The molecule has 10 heteroatoms. The second-order valence-corrected chi connectivity index (χ2v) is 7.06. The van der Waals surface area contributed by atoms with Gasteiger partial charge in [-0.25, -0.2) is 9.97 Å². The molecule has 3 heterocycles. The number of carbonyl (C=O) groups is 1. The van der Waals surface area contributed by atoms with Crippen LogP contribution >= 0.6 is 11.8 Å². The molecule has 1 aliphatic heterocycles. The first-order valence-electron chi connectivity index (χ1n) is 8.27. The second-order valence-electron chi connectivity index (χ2n) is 6.01. The lowest BCUT2D eigenvalue weighted by Crippen LogP contribution is -2.19. The zero-order chi connectivity index (χ0) is 20.6. The quantitative estimate of drug-likeness (QED) is 0.630. The van der Waals surface area contributed by atoms with Crippen molar-refractivity contribution in [2.75, 3.05) is 5.32 Å². The van der Waals surface area contributed by atoms with E-state index in [1.807, 2.05) is 30.3 Å². The summed E-state index contributed by atoms with van der Waals surface area (Å²) >= 11 is 1.18. The highest BCUT2D eigenvalue weighted by Gasteiger charge is 2.34. The molecule has 0 unspecified atom stereocenters. The normalized spacial score (nSPS) is 14.9. The number of thioether (sulfide) groups is 1. The fourth-order valence-corrected chi connectivity index (χ4v) is 3.84. The Bertz CT molecular complexity index is 1130. The smallest absolute Gasteiger partial charge is 0.365 e. The Morgan fingerprint density at radius 2 is 1.93 bits per heavy atom. The number of benzene rings is 1. The Morgan fingerprint density at radius 1 is 1.10 bits per heavy atom. The molecule has 146 valence electrons. The standard InChI is InChI=1S/C19H12F3N5OS/c20-19(21,22)14-5-7-25-17(27-14)15(16(23)28)18-26-12-4-3-10(8-13(12)29-18)11-2-1-6-24-9-11/h1-9,26H,(H2,23,28)/b18-15-. The highest BCUT2D eigenvalue weighted by atomic mass is 32.2. The van der Waals surface area contributed by atoms with Gasteiger partial charge in [-0.05, 0) is 29.8 Å². The predicted molar refractivity (Wildman–Crippen MR) is 102 cm³/mol. The van der Waals surface area contributed by atoms with Gasteiger partial charge in [-0.2, -0.15) is 13.2 Å². The van der Waals surface area contributed by atoms with Crippen molar-refractivity contribution in [2.45, 2.75) is 11.1 Å². The van der Waals surface area contributed by atoms with Crippen molar-refractivity contribution >= 4 is 28.9 Å². The van der Waals surface area contributed by atoms with E-state index in [0.29, 0.717) is 5.69 Å². The van der Waals surface area contributed by atoms with Crippen LogP contribution < -0.4 is 11.1 Å². The van der Waals surface area contributed by atoms with Crippen molar-refractivity contribution in [3.05, 3.63) is 71.5 Å². The monoisotopic (exact) mass is 415 g/mol. The third kappa shape index (κ3) is 3.79. The number of alkyl halides is 3. The van der Waals surface area contributed by atoms with Crippen LogP contribution in [0.1, 0.15) is 11.5 Å². The molecule has 3 N–H and O–H groups in total. The van der Waals surface area contributed by atoms with Gasteiger partial charge < -0.3 is 11.1 Å². The molecule has 0 saturated carbocycles. The van der Waals surface area contributed by atoms with Gasteiger partial charge in [0.05, 0.1) is 10.7 Å². The first-order valence-corrected chi connectivity index (χ1v) is 9.08. The number of fused-ring (bicyclic) bond motifs is 1. The molecule has 0 radical (unpaired) electrons. The molecule has 0 saturated heterocycles. The number of nitrogens with zero attached hydrogens (tertiary/aromatic N) is 3. The van der Waals surface area contributed by atoms with E-state index in [-0.39, 0.29) is 16.4 Å². The number of hydrogen-bond donors (Lipinski definition) is 2. The molecule has 4 rings (SSSR count). The third-order valence-electron chi connectivity index (χ3n) is 4.08. The number of primary amides is 1. The lowest BCUT2D eigenvalue weighted by molar-refractivity contribution is -0.141. The van der Waals surface area contributed by atoms with Gasteiger partial charge in [-0.15, -0.1) is 0 Å². The Kier molecular flexibility index (Phi) is 4.71. The Labute approximate surface area is 167 Å². The van der Waals surface area contributed by atoms with Crippen molar-refractivity contribution in [3.63, 3.8) is 0 Å². The molecule has 0 atom stereocenters. The molecular formula is C19H12F3N5OS. The zero-order valence-electron chi connectivity index (χ0n) is 14.6. The SMILES string of the molecule is NC(=O)/C(=C1\Nc2ccc(-c3cccnc3)cc2S1)c1nccc(C(F)(F)F)n1. The summed E-state index contributed by atoms with van der Waals surface area (Å²) in [7, 11) is 0. The van der Waals surface area contributed by atoms with E-state index in [2.05, 4.69) is 20.3 Å². The Hall–Kier alpha value is -3.40. The van der Waals surface area contributed by atoms with Crippen LogP contribution in [-0.2, 0) is 11.0 Å². The molecule has 0 fully saturated rings. The maximum Gasteiger partial charge on any atom is 0.433 e. The summed E-state index contributed by atoms with van der Waals surface area (Å²) in [5.74, 6) is -1.32. The van der Waals surface area contributed by atoms with Crippen molar-refractivity contribution in [1.29, 1.82) is 0 Å². The van der Waals surface area contributed by atoms with Crippen LogP contribution in [0.4, 0.5) is 18.9 Å². The maximum atomic E-state index is 13.0. The minimum absolute atomic E-state index is 0.208. The minimum Gasteiger partial charge on any atom is -0.365 e. The number of hydrogen-bond acceptors (Lipinski definition) is 6. The van der Waals surface area contributed by atoms with Gasteiger partial charge >= 0.3 is 6.18 Å². The molecule has 2 aromatic heterocycles. The van der Waals surface area contributed by atoms with Gasteiger partial charge in [-0.3, -0.25) is 9.78 Å². The van der Waals surface area contributed by atoms with Gasteiger partial charge in [0.2, 0.25) is 0 Å². The van der Waals surface area contributed by atoms with Gasteiger partial charge in [0.1, 0.15) is 11.3 Å². The van der Waals surface area contributed by atoms with Crippen LogP contribution in [0.25, 0.3) is 16.7 Å². The molecule has 6 nitrogen and oxygen atoms in total. The van der Waals surface area contributed by atoms with Crippen molar-refractivity contribution in [3.8, 4) is 11.1 Å². The summed E-state index contributed by atoms with van der Waals surface area (Å²) in [5, 5.41) is 3.29. The highest BCUT2D eigenvalue weighted by molar-refractivity contribution is 8.04. The first kappa shape index (κ1) is 18.9. The van der Waals surface area contributed by atoms with E-state index in [1.54, 1.807) is 12.4 Å². The number of nitrogens with two attached hydrogens (primary N) is 1. The largest absolute Gasteiger partial charge is 0.433 e. The zero-order valence-corrected chi connectivity index (χ0v) is 15.4. The van der Waals surface area contributed by atoms with Crippen molar-refractivity contribution in [2.24, 2.45) is 5.73 Å². The average molecular weight is 415 g/mol. The fraction of sp³-hybridized carbons (Fsp3) is 0.0526. The predicted octanol–water partition coefficient (Wildman–Crippen LogP) is 3.93. The number of nitrogens with one attached hydrogen (secondary N) is 1. The number of amides is 1. The summed E-state index contributed by atoms with van der Waals surface area (Å²) in [4.78, 5) is 24.2. The molecular weight excluding hydrogens is 403 g/mol. The van der Waals surface area contributed by atoms with Crippen LogP contribution in [0.2, 0.25) is 0 Å². The van der Waals surface area contributed by atoms with Gasteiger partial charge in [0.25, 0.3) is 5.91 Å². The van der Waals surface area contributed by atoms with Gasteiger partial charge in [0.15, 0.2) is 5.82 Å². The molecule has 3 aromatic rings. The van der Waals surface area contributed by atoms with E-state index in [0.717, 1.165) is 28.3 Å². The lowest BCUT2D eigenvalue weighted by Gasteiger charge is -2.09. The second kappa shape index (κ2) is 7.21. The van der Waals surface area contributed by atoms with Crippen LogP contribution in [0.5, 0.6) is 0 Å². The number of carbonyl (C=O) groups excluding carboxylic acids is 1. The Morgan fingerprint density at radius 3 is 2.62 bits per heavy atom. The number of halogens is 3. The minimum atomic E-state index is -4.66. The number of anilines is 1. The van der Waals surface area contributed by atoms with Crippen LogP contribution in [0, 0.1) is 0 Å². The summed E-state index contributed by atoms with van der Waals surface area (Å²) in [6, 6.07) is 10.0. The fourth-order valence-electron chi connectivity index (χ4n) is 2.76. The Balaban J connectivity index is 1.74. The summed E-state index contributed by atoms with van der Waals surface area (Å²) in [5.41, 5.74) is 6.59.